The van der Waals surface area contributed by atoms with E-state index in [9.17, 15) is 14.4 Å². The number of hydrogen-bond acceptors (Lipinski definition) is 4. The normalized spacial score (nSPS) is 11.3. The molecule has 7 heteroatoms. The summed E-state index contributed by atoms with van der Waals surface area (Å²) in [5.74, 6) is -0.889. The molecule has 122 valence electrons. The number of aromatic nitrogens is 1. The number of nitrogens with zero attached hydrogens (tertiary/aromatic N) is 1. The van der Waals surface area contributed by atoms with Gasteiger partial charge in [0.05, 0.1) is 11.1 Å². The number of primary amides is 1. The van der Waals surface area contributed by atoms with E-state index in [0.29, 0.717) is 16.6 Å². The summed E-state index contributed by atoms with van der Waals surface area (Å²) in [7, 11) is 0. The van der Waals surface area contributed by atoms with Gasteiger partial charge in [-0.05, 0) is 39.0 Å². The topological polar surface area (TPSA) is 103 Å². The molecule has 1 aromatic heterocycles. The maximum atomic E-state index is 12.3. The number of ether oxygens (including phenoxy) is 1. The first-order chi connectivity index (χ1) is 10.6. The van der Waals surface area contributed by atoms with Crippen molar-refractivity contribution in [3.8, 4) is 0 Å². The van der Waals surface area contributed by atoms with Gasteiger partial charge in [0.2, 0.25) is 5.91 Å². The van der Waals surface area contributed by atoms with Crippen LogP contribution < -0.4 is 11.1 Å². The van der Waals surface area contributed by atoms with Crippen molar-refractivity contribution in [1.29, 1.82) is 0 Å². The molecule has 0 unspecified atom stereocenters. The van der Waals surface area contributed by atoms with Gasteiger partial charge in [-0.2, -0.15) is 0 Å². The van der Waals surface area contributed by atoms with Crippen LogP contribution in [0.2, 0.25) is 0 Å². The summed E-state index contributed by atoms with van der Waals surface area (Å²) in [6, 6.07) is 4.85. The summed E-state index contributed by atoms with van der Waals surface area (Å²) in [5, 5.41) is 3.14. The van der Waals surface area contributed by atoms with Crippen molar-refractivity contribution in [2.75, 3.05) is 5.32 Å². The van der Waals surface area contributed by atoms with Gasteiger partial charge in [0.25, 0.3) is 5.91 Å². The summed E-state index contributed by atoms with van der Waals surface area (Å²) in [4.78, 5) is 35.1. The number of anilines is 1. The lowest BCUT2D eigenvalue weighted by atomic mass is 10.1. The average molecular weight is 317 g/mol. The van der Waals surface area contributed by atoms with Crippen LogP contribution in [0.4, 0.5) is 10.5 Å². The van der Waals surface area contributed by atoms with Crippen LogP contribution in [0.15, 0.2) is 24.4 Å². The lowest BCUT2D eigenvalue weighted by Gasteiger charge is -2.19. The first-order valence-corrected chi connectivity index (χ1v) is 7.04. The molecule has 0 spiro atoms. The van der Waals surface area contributed by atoms with Crippen molar-refractivity contribution in [3.63, 3.8) is 0 Å². The molecular weight excluding hydrogens is 298 g/mol. The standard InChI is InChI=1S/C16H19N3O4/c1-9(20)18-10-5-6-11-12(14(17)21)8-19(13(11)7-10)15(22)23-16(2,3)4/h5-8H,1-4H3,(H2,17,21)(H,18,20). The Morgan fingerprint density at radius 1 is 1.22 bits per heavy atom. The number of hydrogen-bond donors (Lipinski definition) is 2. The highest BCUT2D eigenvalue weighted by Crippen LogP contribution is 2.26. The summed E-state index contributed by atoms with van der Waals surface area (Å²) >= 11 is 0. The van der Waals surface area contributed by atoms with Gasteiger partial charge in [-0.15, -0.1) is 0 Å². The Morgan fingerprint density at radius 2 is 1.87 bits per heavy atom. The fourth-order valence-electron chi connectivity index (χ4n) is 2.17. The number of carbonyl (C=O) groups excluding carboxylic acids is 3. The van der Waals surface area contributed by atoms with Crippen LogP contribution in [-0.2, 0) is 9.53 Å². The van der Waals surface area contributed by atoms with Gasteiger partial charge in [-0.25, -0.2) is 4.79 Å². The smallest absolute Gasteiger partial charge is 0.419 e. The van der Waals surface area contributed by atoms with E-state index >= 15 is 0 Å². The first kappa shape index (κ1) is 16.5. The zero-order chi connectivity index (χ0) is 17.4. The van der Waals surface area contributed by atoms with Gasteiger partial charge in [-0.1, -0.05) is 0 Å². The van der Waals surface area contributed by atoms with Crippen LogP contribution in [0.1, 0.15) is 38.1 Å². The average Bonchev–Trinajstić information content (AvgIpc) is 2.74. The Kier molecular flexibility index (Phi) is 4.14. The fraction of sp³-hybridized carbons (Fsp3) is 0.312. The monoisotopic (exact) mass is 317 g/mol. The van der Waals surface area contributed by atoms with E-state index in [2.05, 4.69) is 5.32 Å². The lowest BCUT2D eigenvalue weighted by Crippen LogP contribution is -2.26. The van der Waals surface area contributed by atoms with Gasteiger partial charge in [-0.3, -0.25) is 14.2 Å². The first-order valence-electron chi connectivity index (χ1n) is 7.04. The lowest BCUT2D eigenvalue weighted by molar-refractivity contribution is -0.114. The highest BCUT2D eigenvalue weighted by Gasteiger charge is 2.22. The molecule has 0 saturated carbocycles. The van der Waals surface area contributed by atoms with Gasteiger partial charge in [0.1, 0.15) is 5.60 Å². The Hall–Kier alpha value is -2.83. The Bertz CT molecular complexity index is 799. The minimum absolute atomic E-state index is 0.209. The van der Waals surface area contributed by atoms with Crippen molar-refractivity contribution < 1.29 is 19.1 Å². The molecule has 0 aliphatic heterocycles. The SMILES string of the molecule is CC(=O)Nc1ccc2c(C(N)=O)cn(C(=O)OC(C)(C)C)c2c1. The number of carbonyl (C=O) groups is 3. The second-order valence-corrected chi connectivity index (χ2v) is 6.17. The van der Waals surface area contributed by atoms with Gasteiger partial charge in [0.15, 0.2) is 0 Å². The zero-order valence-electron chi connectivity index (χ0n) is 13.5. The second kappa shape index (κ2) is 5.75. The Labute approximate surface area is 133 Å². The van der Waals surface area contributed by atoms with E-state index in [-0.39, 0.29) is 11.5 Å². The van der Waals surface area contributed by atoms with Crippen LogP contribution in [0.25, 0.3) is 10.9 Å². The molecule has 0 radical (unpaired) electrons. The van der Waals surface area contributed by atoms with Crippen molar-refractivity contribution in [2.24, 2.45) is 5.73 Å². The number of fused-ring (bicyclic) bond motifs is 1. The third-order valence-electron chi connectivity index (χ3n) is 2.98. The van der Waals surface area contributed by atoms with E-state index in [1.807, 2.05) is 0 Å². The second-order valence-electron chi connectivity index (χ2n) is 6.17. The molecule has 0 aliphatic rings. The molecule has 2 rings (SSSR count). The molecule has 0 saturated heterocycles. The minimum atomic E-state index is -0.685. The quantitative estimate of drug-likeness (QED) is 0.888. The van der Waals surface area contributed by atoms with Gasteiger partial charge < -0.3 is 15.8 Å². The number of rotatable bonds is 2. The highest BCUT2D eigenvalue weighted by atomic mass is 16.6. The molecule has 2 aromatic rings. The van der Waals surface area contributed by atoms with E-state index in [1.165, 1.54) is 17.7 Å². The molecule has 3 N–H and O–H groups in total. The third kappa shape index (κ3) is 3.68. The Balaban J connectivity index is 2.59. The van der Waals surface area contributed by atoms with Crippen molar-refractivity contribution in [1.82, 2.24) is 4.57 Å². The molecule has 0 aliphatic carbocycles. The predicted octanol–water partition coefficient (Wildman–Crippen LogP) is 2.48. The van der Waals surface area contributed by atoms with E-state index in [1.54, 1.807) is 39.0 Å². The summed E-state index contributed by atoms with van der Waals surface area (Å²) in [5.41, 5.74) is 5.82. The zero-order valence-corrected chi connectivity index (χ0v) is 13.5. The van der Waals surface area contributed by atoms with E-state index < -0.39 is 17.6 Å². The number of benzene rings is 1. The maximum absolute atomic E-state index is 12.3. The molecule has 23 heavy (non-hydrogen) atoms. The van der Waals surface area contributed by atoms with Crippen LogP contribution in [0.3, 0.4) is 0 Å². The van der Waals surface area contributed by atoms with E-state index in [0.717, 1.165) is 0 Å². The molecule has 1 aromatic carbocycles. The predicted molar refractivity (Wildman–Crippen MR) is 86.4 cm³/mol. The van der Waals surface area contributed by atoms with Crippen molar-refractivity contribution in [2.45, 2.75) is 33.3 Å². The minimum Gasteiger partial charge on any atom is -0.443 e. The largest absolute Gasteiger partial charge is 0.443 e. The van der Waals surface area contributed by atoms with Crippen molar-refractivity contribution >= 4 is 34.5 Å². The Morgan fingerprint density at radius 3 is 2.39 bits per heavy atom. The summed E-state index contributed by atoms with van der Waals surface area (Å²) in [6.45, 7) is 6.61. The molecular formula is C16H19N3O4. The van der Waals surface area contributed by atoms with Crippen LogP contribution >= 0.6 is 0 Å². The molecule has 0 atom stereocenters. The number of amides is 2. The fourth-order valence-corrected chi connectivity index (χ4v) is 2.17. The summed E-state index contributed by atoms with van der Waals surface area (Å²) in [6.07, 6.45) is 0.716. The van der Waals surface area contributed by atoms with E-state index in [4.69, 9.17) is 10.5 Å². The van der Waals surface area contributed by atoms with Gasteiger partial charge in [0, 0.05) is 24.2 Å². The van der Waals surface area contributed by atoms with Gasteiger partial charge >= 0.3 is 6.09 Å². The summed E-state index contributed by atoms with van der Waals surface area (Å²) < 4.78 is 6.54. The van der Waals surface area contributed by atoms with Crippen LogP contribution in [0, 0.1) is 0 Å². The molecule has 7 nitrogen and oxygen atoms in total. The molecule has 2 amide bonds. The molecule has 1 heterocycles. The maximum Gasteiger partial charge on any atom is 0.419 e. The molecule has 0 bridgehead atoms. The number of nitrogens with two attached hydrogens (primary N) is 1. The molecule has 0 fully saturated rings. The number of nitrogens with one attached hydrogen (secondary N) is 1. The van der Waals surface area contributed by atoms with Crippen LogP contribution in [0.5, 0.6) is 0 Å². The highest BCUT2D eigenvalue weighted by molar-refractivity contribution is 6.09. The third-order valence-corrected chi connectivity index (χ3v) is 2.98. The van der Waals surface area contributed by atoms with Crippen LogP contribution in [-0.4, -0.2) is 28.1 Å². The van der Waals surface area contributed by atoms with Crippen molar-refractivity contribution in [3.05, 3.63) is 30.0 Å².